The first kappa shape index (κ1) is 21.8. The lowest BCUT2D eigenvalue weighted by molar-refractivity contribution is -0.136. The van der Waals surface area contributed by atoms with Gasteiger partial charge in [-0.05, 0) is 54.2 Å². The lowest BCUT2D eigenvalue weighted by Gasteiger charge is -2.38. The Morgan fingerprint density at radius 2 is 1.63 bits per heavy atom. The third-order valence-corrected chi connectivity index (χ3v) is 5.78. The number of hydrogen-bond donors (Lipinski definition) is 2. The highest BCUT2D eigenvalue weighted by atomic mass is 16.5. The van der Waals surface area contributed by atoms with Crippen LogP contribution in [0.5, 0.6) is 5.75 Å². The van der Waals surface area contributed by atoms with E-state index in [1.54, 1.807) is 7.11 Å². The molecule has 6 heteroatoms. The summed E-state index contributed by atoms with van der Waals surface area (Å²) in [6.45, 7) is 5.83. The number of amides is 2. The molecular formula is C24H30N2O4. The van der Waals surface area contributed by atoms with Gasteiger partial charge in [0.25, 0.3) is 0 Å². The molecular weight excluding hydrogens is 380 g/mol. The Morgan fingerprint density at radius 3 is 2.20 bits per heavy atom. The maximum atomic E-state index is 12.5. The van der Waals surface area contributed by atoms with E-state index < -0.39 is 11.8 Å². The fourth-order valence-corrected chi connectivity index (χ4v) is 3.74. The van der Waals surface area contributed by atoms with Gasteiger partial charge in [0, 0.05) is 30.9 Å². The molecule has 0 saturated carbocycles. The first-order valence-electron chi connectivity index (χ1n) is 10.3. The van der Waals surface area contributed by atoms with Gasteiger partial charge in [-0.2, -0.15) is 0 Å². The fourth-order valence-electron chi connectivity index (χ4n) is 3.74. The van der Waals surface area contributed by atoms with Crippen molar-refractivity contribution in [2.24, 2.45) is 0 Å². The van der Waals surface area contributed by atoms with E-state index in [1.807, 2.05) is 48.5 Å². The molecule has 0 unspecified atom stereocenters. The van der Waals surface area contributed by atoms with Crippen LogP contribution in [0.25, 0.3) is 0 Å². The molecule has 0 aromatic heterocycles. The van der Waals surface area contributed by atoms with Crippen molar-refractivity contribution in [3.8, 4) is 5.75 Å². The summed E-state index contributed by atoms with van der Waals surface area (Å²) < 4.78 is 10.8. The Morgan fingerprint density at radius 1 is 1.00 bits per heavy atom. The van der Waals surface area contributed by atoms with Gasteiger partial charge in [0.05, 0.1) is 7.11 Å². The topological polar surface area (TPSA) is 76.7 Å². The summed E-state index contributed by atoms with van der Waals surface area (Å²) in [7, 11) is 1.63. The van der Waals surface area contributed by atoms with Gasteiger partial charge in [-0.1, -0.05) is 38.1 Å². The van der Waals surface area contributed by atoms with Crippen molar-refractivity contribution in [2.75, 3.05) is 32.2 Å². The molecule has 30 heavy (non-hydrogen) atoms. The second kappa shape index (κ2) is 9.76. The molecule has 1 heterocycles. The van der Waals surface area contributed by atoms with E-state index in [2.05, 4.69) is 24.5 Å². The normalized spacial score (nSPS) is 15.5. The summed E-state index contributed by atoms with van der Waals surface area (Å²) in [5.41, 5.74) is 2.63. The molecule has 3 rings (SSSR count). The van der Waals surface area contributed by atoms with Crippen molar-refractivity contribution in [2.45, 2.75) is 38.0 Å². The van der Waals surface area contributed by atoms with Gasteiger partial charge in [-0.25, -0.2) is 0 Å². The van der Waals surface area contributed by atoms with Crippen molar-refractivity contribution >= 4 is 17.5 Å². The highest BCUT2D eigenvalue weighted by molar-refractivity contribution is 6.39. The lowest BCUT2D eigenvalue weighted by Crippen LogP contribution is -2.47. The summed E-state index contributed by atoms with van der Waals surface area (Å²) in [4.78, 5) is 24.8. The summed E-state index contributed by atoms with van der Waals surface area (Å²) in [5.74, 6) is -0.105. The van der Waals surface area contributed by atoms with Gasteiger partial charge in [-0.15, -0.1) is 0 Å². The molecule has 0 radical (unpaired) electrons. The molecule has 1 fully saturated rings. The summed E-state index contributed by atoms with van der Waals surface area (Å²) >= 11 is 0. The van der Waals surface area contributed by atoms with Crippen LogP contribution in [-0.2, 0) is 19.7 Å². The summed E-state index contributed by atoms with van der Waals surface area (Å²) in [6.07, 6.45) is 1.55. The third-order valence-electron chi connectivity index (χ3n) is 5.78. The molecule has 0 aliphatic carbocycles. The number of carbonyl (C=O) groups is 2. The highest BCUT2D eigenvalue weighted by Crippen LogP contribution is 2.35. The van der Waals surface area contributed by atoms with Gasteiger partial charge in [0.1, 0.15) is 5.75 Å². The Kier molecular flexibility index (Phi) is 7.11. The zero-order chi connectivity index (χ0) is 21.6. The average Bonchev–Trinajstić information content (AvgIpc) is 2.78. The summed E-state index contributed by atoms with van der Waals surface area (Å²) in [5, 5.41) is 5.50. The standard InChI is InChI=1S/C24H30N2O4/c1-17(2)18-4-8-20(9-5-18)26-23(28)22(27)25-16-24(12-14-30-15-13-24)19-6-10-21(29-3)11-7-19/h4-11,17H,12-16H2,1-3H3,(H,25,27)(H,26,28). The van der Waals surface area contributed by atoms with Crippen molar-refractivity contribution in [3.05, 3.63) is 59.7 Å². The Hall–Kier alpha value is -2.86. The van der Waals surface area contributed by atoms with Crippen LogP contribution in [0.3, 0.4) is 0 Å². The van der Waals surface area contributed by atoms with Crippen LogP contribution in [0, 0.1) is 0 Å². The molecule has 2 aromatic rings. The van der Waals surface area contributed by atoms with E-state index in [0.29, 0.717) is 31.4 Å². The molecule has 6 nitrogen and oxygen atoms in total. The molecule has 2 aromatic carbocycles. The smallest absolute Gasteiger partial charge is 0.313 e. The third kappa shape index (κ3) is 5.19. The Labute approximate surface area is 178 Å². The zero-order valence-electron chi connectivity index (χ0n) is 17.9. The van der Waals surface area contributed by atoms with E-state index >= 15 is 0 Å². The molecule has 1 aliphatic rings. The maximum Gasteiger partial charge on any atom is 0.313 e. The number of nitrogens with one attached hydrogen (secondary N) is 2. The summed E-state index contributed by atoms with van der Waals surface area (Å²) in [6, 6.07) is 15.4. The number of hydrogen-bond acceptors (Lipinski definition) is 4. The van der Waals surface area contributed by atoms with E-state index in [0.717, 1.165) is 24.2 Å². The first-order valence-corrected chi connectivity index (χ1v) is 10.3. The van der Waals surface area contributed by atoms with E-state index in [9.17, 15) is 9.59 Å². The average molecular weight is 411 g/mol. The zero-order valence-corrected chi connectivity index (χ0v) is 17.9. The second-order valence-electron chi connectivity index (χ2n) is 8.03. The Bertz CT molecular complexity index is 854. The first-order chi connectivity index (χ1) is 14.4. The number of anilines is 1. The minimum absolute atomic E-state index is 0.265. The van der Waals surface area contributed by atoms with Gasteiger partial charge in [0.15, 0.2) is 0 Å². The fraction of sp³-hybridized carbons (Fsp3) is 0.417. The number of benzene rings is 2. The van der Waals surface area contributed by atoms with Crippen LogP contribution >= 0.6 is 0 Å². The number of ether oxygens (including phenoxy) is 2. The maximum absolute atomic E-state index is 12.5. The van der Waals surface area contributed by atoms with Gasteiger partial charge in [0.2, 0.25) is 0 Å². The highest BCUT2D eigenvalue weighted by Gasteiger charge is 2.35. The number of carbonyl (C=O) groups excluding carboxylic acids is 2. The van der Waals surface area contributed by atoms with E-state index in [1.165, 1.54) is 5.56 Å². The largest absolute Gasteiger partial charge is 0.497 e. The van der Waals surface area contributed by atoms with E-state index in [4.69, 9.17) is 9.47 Å². The van der Waals surface area contributed by atoms with Gasteiger partial charge in [-0.3, -0.25) is 9.59 Å². The molecule has 160 valence electrons. The Balaban J connectivity index is 1.64. The predicted molar refractivity (Wildman–Crippen MR) is 117 cm³/mol. The molecule has 0 spiro atoms. The molecule has 2 N–H and O–H groups in total. The minimum atomic E-state index is -0.663. The molecule has 1 saturated heterocycles. The lowest BCUT2D eigenvalue weighted by atomic mass is 9.74. The quantitative estimate of drug-likeness (QED) is 0.713. The monoisotopic (exact) mass is 410 g/mol. The molecule has 1 aliphatic heterocycles. The van der Waals surface area contributed by atoms with Crippen LogP contribution in [0.15, 0.2) is 48.5 Å². The van der Waals surface area contributed by atoms with Crippen LogP contribution in [0.4, 0.5) is 5.69 Å². The molecule has 0 bridgehead atoms. The van der Waals surface area contributed by atoms with Crippen molar-refractivity contribution in [3.63, 3.8) is 0 Å². The number of methoxy groups -OCH3 is 1. The van der Waals surface area contributed by atoms with Crippen LogP contribution < -0.4 is 15.4 Å². The predicted octanol–water partition coefficient (Wildman–Crippen LogP) is 3.62. The van der Waals surface area contributed by atoms with Crippen LogP contribution in [-0.4, -0.2) is 38.7 Å². The SMILES string of the molecule is COc1ccc(C2(CNC(=O)C(=O)Nc3ccc(C(C)C)cc3)CCOCC2)cc1. The van der Waals surface area contributed by atoms with Gasteiger partial charge >= 0.3 is 11.8 Å². The van der Waals surface area contributed by atoms with Crippen molar-refractivity contribution in [1.82, 2.24) is 5.32 Å². The number of rotatable bonds is 6. The van der Waals surface area contributed by atoms with Crippen molar-refractivity contribution < 1.29 is 19.1 Å². The van der Waals surface area contributed by atoms with Crippen LogP contribution in [0.1, 0.15) is 43.7 Å². The molecule has 0 atom stereocenters. The van der Waals surface area contributed by atoms with Crippen molar-refractivity contribution in [1.29, 1.82) is 0 Å². The van der Waals surface area contributed by atoms with Crippen LogP contribution in [0.2, 0.25) is 0 Å². The minimum Gasteiger partial charge on any atom is -0.497 e. The van der Waals surface area contributed by atoms with E-state index in [-0.39, 0.29) is 5.41 Å². The molecule has 2 amide bonds. The van der Waals surface area contributed by atoms with Gasteiger partial charge < -0.3 is 20.1 Å². The second-order valence-corrected chi connectivity index (χ2v) is 8.03.